The van der Waals surface area contributed by atoms with Gasteiger partial charge in [-0.3, -0.25) is 10.1 Å². The maximum Gasteiger partial charge on any atom is 0.269 e. The molecule has 112 valence electrons. The number of aryl methyl sites for hydroxylation is 1. The summed E-state index contributed by atoms with van der Waals surface area (Å²) in [6.07, 6.45) is 0. The molecule has 0 aliphatic carbocycles. The van der Waals surface area contributed by atoms with Crippen molar-refractivity contribution in [3.8, 4) is 11.3 Å². The standard InChI is InChI=1S/C15H10Cl2N2O2S/c1-8-7-22-14(13(8)17)15(20)18-12-6-11(19-21-12)9-2-4-10(16)5-3-9/h2-7H,1H3,(H,18,20). The number of thiophene rings is 1. The molecule has 0 aliphatic rings. The van der Waals surface area contributed by atoms with Crippen molar-refractivity contribution in [3.05, 3.63) is 56.2 Å². The second kappa shape index (κ2) is 6.12. The average Bonchev–Trinajstić information content (AvgIpc) is 3.08. The molecule has 0 saturated carbocycles. The fourth-order valence-corrected chi connectivity index (χ4v) is 3.14. The smallest absolute Gasteiger partial charge is 0.269 e. The zero-order chi connectivity index (χ0) is 15.7. The lowest BCUT2D eigenvalue weighted by atomic mass is 10.1. The average molecular weight is 353 g/mol. The summed E-state index contributed by atoms with van der Waals surface area (Å²) in [4.78, 5) is 12.6. The lowest BCUT2D eigenvalue weighted by Crippen LogP contribution is -2.09. The second-order valence-corrected chi connectivity index (χ2v) is 6.29. The third-order valence-electron chi connectivity index (χ3n) is 2.99. The summed E-state index contributed by atoms with van der Waals surface area (Å²) in [6.45, 7) is 1.85. The molecule has 0 radical (unpaired) electrons. The minimum absolute atomic E-state index is 0.261. The first-order valence-electron chi connectivity index (χ1n) is 6.32. The summed E-state index contributed by atoms with van der Waals surface area (Å²) in [7, 11) is 0. The molecule has 4 nitrogen and oxygen atoms in total. The fraction of sp³-hybridized carbons (Fsp3) is 0.0667. The van der Waals surface area contributed by atoms with E-state index in [9.17, 15) is 4.79 Å². The predicted octanol–water partition coefficient (Wildman–Crippen LogP) is 5.27. The van der Waals surface area contributed by atoms with Gasteiger partial charge in [0.15, 0.2) is 0 Å². The summed E-state index contributed by atoms with van der Waals surface area (Å²) in [5, 5.41) is 9.50. The van der Waals surface area contributed by atoms with E-state index in [0.29, 0.717) is 20.6 Å². The van der Waals surface area contributed by atoms with Gasteiger partial charge >= 0.3 is 0 Å². The van der Waals surface area contributed by atoms with Gasteiger partial charge in [-0.05, 0) is 30.0 Å². The van der Waals surface area contributed by atoms with Crippen LogP contribution in [0.1, 0.15) is 15.2 Å². The third kappa shape index (κ3) is 3.02. The highest BCUT2D eigenvalue weighted by molar-refractivity contribution is 7.13. The summed E-state index contributed by atoms with van der Waals surface area (Å²) in [5.41, 5.74) is 2.33. The first kappa shape index (κ1) is 15.1. The molecule has 1 aromatic carbocycles. The molecule has 0 saturated heterocycles. The molecule has 22 heavy (non-hydrogen) atoms. The van der Waals surface area contributed by atoms with Crippen LogP contribution in [-0.4, -0.2) is 11.1 Å². The molecular weight excluding hydrogens is 343 g/mol. The summed E-state index contributed by atoms with van der Waals surface area (Å²) >= 11 is 13.2. The van der Waals surface area contributed by atoms with Gasteiger partial charge in [-0.2, -0.15) is 0 Å². The predicted molar refractivity (Wildman–Crippen MR) is 89.0 cm³/mol. The number of rotatable bonds is 3. The number of amides is 1. The van der Waals surface area contributed by atoms with Crippen molar-refractivity contribution in [1.82, 2.24) is 5.16 Å². The summed E-state index contributed by atoms with van der Waals surface area (Å²) in [5.74, 6) is -0.0565. The summed E-state index contributed by atoms with van der Waals surface area (Å²) in [6, 6.07) is 8.82. The first-order valence-corrected chi connectivity index (χ1v) is 7.96. The van der Waals surface area contributed by atoms with E-state index in [1.807, 2.05) is 24.4 Å². The van der Waals surface area contributed by atoms with Crippen LogP contribution >= 0.6 is 34.5 Å². The maximum atomic E-state index is 12.1. The minimum Gasteiger partial charge on any atom is -0.338 e. The summed E-state index contributed by atoms with van der Waals surface area (Å²) < 4.78 is 5.13. The van der Waals surface area contributed by atoms with Crippen molar-refractivity contribution in [1.29, 1.82) is 0 Å². The van der Waals surface area contributed by atoms with Gasteiger partial charge in [0.1, 0.15) is 10.6 Å². The minimum atomic E-state index is -0.318. The van der Waals surface area contributed by atoms with E-state index in [1.54, 1.807) is 18.2 Å². The van der Waals surface area contributed by atoms with Crippen molar-refractivity contribution < 1.29 is 9.32 Å². The van der Waals surface area contributed by atoms with Gasteiger partial charge in [-0.1, -0.05) is 40.5 Å². The normalized spacial score (nSPS) is 10.7. The van der Waals surface area contributed by atoms with Crippen molar-refractivity contribution in [2.75, 3.05) is 5.32 Å². The van der Waals surface area contributed by atoms with Crippen LogP contribution in [-0.2, 0) is 0 Å². The Hall–Kier alpha value is -1.82. The zero-order valence-corrected chi connectivity index (χ0v) is 13.7. The highest BCUT2D eigenvalue weighted by atomic mass is 35.5. The molecule has 1 amide bonds. The van der Waals surface area contributed by atoms with Crippen molar-refractivity contribution in [2.45, 2.75) is 6.92 Å². The van der Waals surface area contributed by atoms with E-state index in [4.69, 9.17) is 27.7 Å². The number of hydrogen-bond acceptors (Lipinski definition) is 4. The lowest BCUT2D eigenvalue weighted by molar-refractivity contribution is 0.102. The zero-order valence-electron chi connectivity index (χ0n) is 11.4. The van der Waals surface area contributed by atoms with Crippen LogP contribution < -0.4 is 5.32 Å². The second-order valence-electron chi connectivity index (χ2n) is 4.60. The highest BCUT2D eigenvalue weighted by Gasteiger charge is 2.17. The first-order chi connectivity index (χ1) is 10.5. The Kier molecular flexibility index (Phi) is 4.20. The third-order valence-corrected chi connectivity index (χ3v) is 4.94. The number of carbonyl (C=O) groups excluding carboxylic acids is 1. The number of anilines is 1. The number of nitrogens with one attached hydrogen (secondary N) is 1. The molecule has 2 aromatic heterocycles. The van der Waals surface area contributed by atoms with Crippen LogP contribution in [0, 0.1) is 6.92 Å². The molecule has 0 bridgehead atoms. The van der Waals surface area contributed by atoms with Gasteiger partial charge in [0.25, 0.3) is 5.91 Å². The van der Waals surface area contributed by atoms with Gasteiger partial charge < -0.3 is 4.52 Å². The van der Waals surface area contributed by atoms with Crippen molar-refractivity contribution in [2.24, 2.45) is 0 Å². The van der Waals surface area contributed by atoms with Crippen molar-refractivity contribution >= 4 is 46.3 Å². The topological polar surface area (TPSA) is 55.1 Å². The molecule has 0 unspecified atom stereocenters. The van der Waals surface area contributed by atoms with E-state index in [-0.39, 0.29) is 11.8 Å². The van der Waals surface area contributed by atoms with E-state index in [2.05, 4.69) is 10.5 Å². The molecule has 0 spiro atoms. The Balaban J connectivity index is 1.78. The van der Waals surface area contributed by atoms with E-state index < -0.39 is 0 Å². The van der Waals surface area contributed by atoms with Gasteiger partial charge in [-0.25, -0.2) is 0 Å². The number of nitrogens with zero attached hydrogens (tertiary/aromatic N) is 1. The van der Waals surface area contributed by atoms with E-state index in [1.165, 1.54) is 11.3 Å². The highest BCUT2D eigenvalue weighted by Crippen LogP contribution is 2.29. The molecule has 0 aliphatic heterocycles. The Morgan fingerprint density at radius 1 is 1.27 bits per heavy atom. The molecule has 0 fully saturated rings. The molecule has 3 aromatic rings. The van der Waals surface area contributed by atoms with Crippen LogP contribution in [0.3, 0.4) is 0 Å². The van der Waals surface area contributed by atoms with Crippen LogP contribution in [0.2, 0.25) is 10.0 Å². The number of carbonyl (C=O) groups is 1. The van der Waals surface area contributed by atoms with Crippen LogP contribution in [0.15, 0.2) is 40.2 Å². The Bertz CT molecular complexity index is 824. The Morgan fingerprint density at radius 2 is 2.00 bits per heavy atom. The molecule has 2 heterocycles. The Labute approximate surface area is 140 Å². The maximum absolute atomic E-state index is 12.1. The SMILES string of the molecule is Cc1csc(C(=O)Nc2cc(-c3ccc(Cl)cc3)no2)c1Cl. The lowest BCUT2D eigenvalue weighted by Gasteiger charge is -1.98. The largest absolute Gasteiger partial charge is 0.338 e. The van der Waals surface area contributed by atoms with Crippen LogP contribution in [0.25, 0.3) is 11.3 Å². The monoisotopic (exact) mass is 352 g/mol. The number of benzene rings is 1. The van der Waals surface area contributed by atoms with Gasteiger partial charge in [0.2, 0.25) is 5.88 Å². The number of aromatic nitrogens is 1. The van der Waals surface area contributed by atoms with Crippen LogP contribution in [0.5, 0.6) is 0 Å². The van der Waals surface area contributed by atoms with Crippen LogP contribution in [0.4, 0.5) is 5.88 Å². The number of halogens is 2. The number of hydrogen-bond donors (Lipinski definition) is 1. The van der Waals surface area contributed by atoms with Gasteiger partial charge in [0.05, 0.1) is 5.02 Å². The molecule has 1 N–H and O–H groups in total. The van der Waals surface area contributed by atoms with E-state index >= 15 is 0 Å². The van der Waals surface area contributed by atoms with Crippen molar-refractivity contribution in [3.63, 3.8) is 0 Å². The van der Waals surface area contributed by atoms with Gasteiger partial charge in [-0.15, -0.1) is 11.3 Å². The fourth-order valence-electron chi connectivity index (χ4n) is 1.84. The molecule has 7 heteroatoms. The van der Waals surface area contributed by atoms with E-state index in [0.717, 1.165) is 11.1 Å². The quantitative estimate of drug-likeness (QED) is 0.698. The molecule has 0 atom stereocenters. The van der Waals surface area contributed by atoms with Gasteiger partial charge in [0, 0.05) is 16.7 Å². The molecule has 3 rings (SSSR count). The molecular formula is C15H10Cl2N2O2S. The Morgan fingerprint density at radius 3 is 2.64 bits per heavy atom.